The lowest BCUT2D eigenvalue weighted by atomic mass is 10.5. The van der Waals surface area contributed by atoms with Crippen molar-refractivity contribution in [1.82, 2.24) is 15.7 Å². The molecule has 0 saturated carbocycles. The summed E-state index contributed by atoms with van der Waals surface area (Å²) in [5.41, 5.74) is 5.37. The maximum atomic E-state index is 10.6. The van der Waals surface area contributed by atoms with Gasteiger partial charge in [0.05, 0.1) is 29.7 Å². The first-order chi connectivity index (χ1) is 10.1. The predicted octanol–water partition coefficient (Wildman–Crippen LogP) is 0.690. The number of halogens is 1. The van der Waals surface area contributed by atoms with Gasteiger partial charge >= 0.3 is 0 Å². The smallest absolute Gasteiger partial charge is 0.275 e. The molecule has 1 fully saturated rings. The van der Waals surface area contributed by atoms with Gasteiger partial charge in [-0.2, -0.15) is 0 Å². The van der Waals surface area contributed by atoms with Crippen molar-refractivity contribution in [2.24, 2.45) is 0 Å². The number of hydrazine groups is 1. The van der Waals surface area contributed by atoms with Crippen LogP contribution in [0, 0.1) is 10.1 Å². The molecule has 114 valence electrons. The first-order valence-electron chi connectivity index (χ1n) is 6.09. The Morgan fingerprint density at radius 3 is 2.90 bits per heavy atom. The van der Waals surface area contributed by atoms with E-state index in [1.807, 2.05) is 0 Å². The van der Waals surface area contributed by atoms with Gasteiger partial charge in [-0.1, -0.05) is 11.6 Å². The third-order valence-corrected chi connectivity index (χ3v) is 2.66. The topological polar surface area (TPSA) is 111 Å². The van der Waals surface area contributed by atoms with E-state index < -0.39 is 11.2 Å². The number of nitro groups is 1. The molecule has 0 amide bonds. The van der Waals surface area contributed by atoms with Crippen LogP contribution in [0.15, 0.2) is 30.4 Å². The molecule has 9 nitrogen and oxygen atoms in total. The zero-order valence-electron chi connectivity index (χ0n) is 10.9. The zero-order valence-corrected chi connectivity index (χ0v) is 11.7. The number of pyridine rings is 1. The molecule has 3 N–H and O–H groups in total. The van der Waals surface area contributed by atoms with Gasteiger partial charge < -0.3 is 14.8 Å². The molecule has 1 aromatic rings. The minimum atomic E-state index is -0.581. The van der Waals surface area contributed by atoms with Crippen LogP contribution in [-0.4, -0.2) is 36.0 Å². The van der Waals surface area contributed by atoms with Crippen LogP contribution in [0.1, 0.15) is 0 Å². The van der Waals surface area contributed by atoms with Gasteiger partial charge in [-0.25, -0.2) is 4.98 Å². The second-order valence-corrected chi connectivity index (χ2v) is 4.43. The molecular weight excluding hydrogens is 302 g/mol. The summed E-state index contributed by atoms with van der Waals surface area (Å²) in [5, 5.41) is 13.9. The van der Waals surface area contributed by atoms with E-state index in [1.54, 1.807) is 12.1 Å². The van der Waals surface area contributed by atoms with Gasteiger partial charge in [-0.15, -0.1) is 0 Å². The number of hydrogen-bond acceptors (Lipinski definition) is 8. The van der Waals surface area contributed by atoms with E-state index in [2.05, 4.69) is 21.2 Å². The summed E-state index contributed by atoms with van der Waals surface area (Å²) in [7, 11) is 0. The Bertz CT molecular complexity index is 504. The molecule has 0 aromatic carbocycles. The Morgan fingerprint density at radius 2 is 2.29 bits per heavy atom. The number of nitrogens with zero attached hydrogens (tertiary/aromatic N) is 2. The van der Waals surface area contributed by atoms with E-state index in [9.17, 15) is 10.1 Å². The SMILES string of the molecule is O=[N+]([O-])/C=C(/NCC1OCCO1)NNc1ccc(Cl)cn1. The second kappa shape index (κ2) is 7.62. The van der Waals surface area contributed by atoms with E-state index in [-0.39, 0.29) is 12.4 Å². The van der Waals surface area contributed by atoms with Crippen LogP contribution in [0.25, 0.3) is 0 Å². The van der Waals surface area contributed by atoms with Crippen LogP contribution in [0.5, 0.6) is 0 Å². The van der Waals surface area contributed by atoms with E-state index in [4.69, 9.17) is 21.1 Å². The first-order valence-corrected chi connectivity index (χ1v) is 6.47. The van der Waals surface area contributed by atoms with Crippen molar-refractivity contribution in [3.63, 3.8) is 0 Å². The molecule has 2 rings (SSSR count). The van der Waals surface area contributed by atoms with Crippen LogP contribution in [-0.2, 0) is 9.47 Å². The Kier molecular flexibility index (Phi) is 5.55. The van der Waals surface area contributed by atoms with Crippen molar-refractivity contribution in [3.05, 3.63) is 45.5 Å². The third-order valence-electron chi connectivity index (χ3n) is 2.44. The Hall–Kier alpha value is -2.10. The van der Waals surface area contributed by atoms with Crippen molar-refractivity contribution in [2.45, 2.75) is 6.29 Å². The van der Waals surface area contributed by atoms with E-state index in [0.29, 0.717) is 24.1 Å². The number of aromatic nitrogens is 1. The fourth-order valence-corrected chi connectivity index (χ4v) is 1.64. The van der Waals surface area contributed by atoms with Gasteiger partial charge in [-0.05, 0) is 12.1 Å². The summed E-state index contributed by atoms with van der Waals surface area (Å²) in [6.45, 7) is 1.31. The van der Waals surface area contributed by atoms with Crippen molar-refractivity contribution < 1.29 is 14.4 Å². The molecule has 1 aliphatic rings. The molecule has 1 aromatic heterocycles. The largest absolute Gasteiger partial charge is 0.360 e. The highest BCUT2D eigenvalue weighted by molar-refractivity contribution is 6.30. The van der Waals surface area contributed by atoms with Crippen molar-refractivity contribution >= 4 is 17.4 Å². The number of rotatable bonds is 7. The number of hydrogen-bond donors (Lipinski definition) is 3. The van der Waals surface area contributed by atoms with Gasteiger partial charge in [0.25, 0.3) is 6.20 Å². The maximum Gasteiger partial charge on any atom is 0.275 e. The standard InChI is InChI=1S/C11H14ClN5O4/c12-8-1-2-9(13-5-8)15-16-10(7-17(18)19)14-6-11-20-3-4-21-11/h1-2,5,7,11,14,16H,3-4,6H2,(H,13,15)/b10-7-. The monoisotopic (exact) mass is 315 g/mol. The van der Waals surface area contributed by atoms with Gasteiger partial charge in [0, 0.05) is 6.20 Å². The van der Waals surface area contributed by atoms with Gasteiger partial charge in [-0.3, -0.25) is 21.0 Å². The molecule has 2 heterocycles. The Balaban J connectivity index is 1.86. The lowest BCUT2D eigenvalue weighted by Gasteiger charge is -2.15. The number of anilines is 1. The van der Waals surface area contributed by atoms with Gasteiger partial charge in [0.1, 0.15) is 5.82 Å². The van der Waals surface area contributed by atoms with E-state index in [0.717, 1.165) is 6.20 Å². The summed E-state index contributed by atoms with van der Waals surface area (Å²) < 4.78 is 10.5. The summed E-state index contributed by atoms with van der Waals surface area (Å²) >= 11 is 5.71. The molecule has 1 aliphatic heterocycles. The van der Waals surface area contributed by atoms with Crippen LogP contribution in [0.4, 0.5) is 5.82 Å². The van der Waals surface area contributed by atoms with Crippen LogP contribution in [0.3, 0.4) is 0 Å². The molecule has 1 saturated heterocycles. The summed E-state index contributed by atoms with van der Waals surface area (Å²) in [6, 6.07) is 3.27. The molecule has 21 heavy (non-hydrogen) atoms. The average molecular weight is 316 g/mol. The molecular formula is C11H14ClN5O4. The van der Waals surface area contributed by atoms with Gasteiger partial charge in [0.2, 0.25) is 0 Å². The van der Waals surface area contributed by atoms with Crippen molar-refractivity contribution in [2.75, 3.05) is 25.2 Å². The highest BCUT2D eigenvalue weighted by atomic mass is 35.5. The maximum absolute atomic E-state index is 10.6. The summed E-state index contributed by atoms with van der Waals surface area (Å²) in [4.78, 5) is 14.0. The molecule has 0 unspecified atom stereocenters. The molecule has 0 spiro atoms. The molecule has 0 radical (unpaired) electrons. The normalized spacial score (nSPS) is 15.8. The minimum Gasteiger partial charge on any atom is -0.360 e. The molecule has 0 atom stereocenters. The summed E-state index contributed by atoms with van der Waals surface area (Å²) in [6.07, 6.45) is 1.82. The lowest BCUT2D eigenvalue weighted by Crippen LogP contribution is -2.36. The lowest BCUT2D eigenvalue weighted by molar-refractivity contribution is -0.404. The van der Waals surface area contributed by atoms with Gasteiger partial charge in [0.15, 0.2) is 12.1 Å². The van der Waals surface area contributed by atoms with Crippen LogP contribution < -0.4 is 16.2 Å². The van der Waals surface area contributed by atoms with Crippen molar-refractivity contribution in [3.8, 4) is 0 Å². The quantitative estimate of drug-likeness (QED) is 0.498. The predicted molar refractivity (Wildman–Crippen MR) is 74.8 cm³/mol. The minimum absolute atomic E-state index is 0.149. The fourth-order valence-electron chi connectivity index (χ4n) is 1.53. The number of ether oxygens (including phenoxy) is 2. The Labute approximate surface area is 125 Å². The van der Waals surface area contributed by atoms with E-state index >= 15 is 0 Å². The zero-order chi connectivity index (χ0) is 15.1. The highest BCUT2D eigenvalue weighted by Crippen LogP contribution is 2.08. The highest BCUT2D eigenvalue weighted by Gasteiger charge is 2.16. The molecule has 10 heteroatoms. The van der Waals surface area contributed by atoms with E-state index in [1.165, 1.54) is 6.20 Å². The van der Waals surface area contributed by atoms with Crippen LogP contribution in [0.2, 0.25) is 5.02 Å². The van der Waals surface area contributed by atoms with Crippen LogP contribution >= 0.6 is 11.6 Å². The number of nitrogens with one attached hydrogen (secondary N) is 3. The summed E-state index contributed by atoms with van der Waals surface area (Å²) in [5.74, 6) is 0.611. The third kappa shape index (κ3) is 5.42. The molecule has 0 bridgehead atoms. The fraction of sp³-hybridized carbons (Fsp3) is 0.364. The Morgan fingerprint density at radius 1 is 1.52 bits per heavy atom. The average Bonchev–Trinajstić information content (AvgIpc) is 2.96. The van der Waals surface area contributed by atoms with Crippen molar-refractivity contribution in [1.29, 1.82) is 0 Å². The second-order valence-electron chi connectivity index (χ2n) is 3.99. The molecule has 0 aliphatic carbocycles. The first kappa shape index (κ1) is 15.3.